The van der Waals surface area contributed by atoms with Crippen LogP contribution in [-0.4, -0.2) is 27.9 Å². The van der Waals surface area contributed by atoms with Gasteiger partial charge in [0.2, 0.25) is 0 Å². The third-order valence-corrected chi connectivity index (χ3v) is 4.37. The lowest BCUT2D eigenvalue weighted by Crippen LogP contribution is -2.41. The minimum Gasteiger partial charge on any atom is -0.399 e. The fourth-order valence-corrected chi connectivity index (χ4v) is 2.28. The summed E-state index contributed by atoms with van der Waals surface area (Å²) in [5.74, 6) is 0.575. The molecule has 0 amide bonds. The summed E-state index contributed by atoms with van der Waals surface area (Å²) < 4.78 is 13.5. The SMILES string of the molecule is CC1(C)OB(c2ccc(-n3ccccc3=O)nc2)OC1(C)C. The van der Waals surface area contributed by atoms with Crippen LogP contribution >= 0.6 is 0 Å². The second-order valence-electron chi connectivity index (χ2n) is 6.45. The van der Waals surface area contributed by atoms with Gasteiger partial charge in [0.25, 0.3) is 5.56 Å². The van der Waals surface area contributed by atoms with Crippen LogP contribution in [0.15, 0.2) is 47.5 Å². The maximum atomic E-state index is 11.8. The Hall–Kier alpha value is -1.92. The molecule has 1 fully saturated rings. The fraction of sp³-hybridized carbons (Fsp3) is 0.375. The minimum absolute atomic E-state index is 0.113. The fourth-order valence-electron chi connectivity index (χ4n) is 2.28. The van der Waals surface area contributed by atoms with Crippen molar-refractivity contribution in [2.24, 2.45) is 0 Å². The molecule has 3 heterocycles. The molecule has 0 unspecified atom stereocenters. The first kappa shape index (κ1) is 15.0. The van der Waals surface area contributed by atoms with Crippen LogP contribution in [0.1, 0.15) is 27.7 Å². The van der Waals surface area contributed by atoms with E-state index in [1.165, 1.54) is 10.6 Å². The van der Waals surface area contributed by atoms with Gasteiger partial charge < -0.3 is 9.31 Å². The van der Waals surface area contributed by atoms with Crippen LogP contribution in [-0.2, 0) is 9.31 Å². The standard InChI is InChI=1S/C16H19BN2O3/c1-15(2)16(3,4)22-17(21-15)12-8-9-13(18-11-12)19-10-6-5-7-14(19)20/h5-11H,1-4H3. The first-order valence-electron chi connectivity index (χ1n) is 7.30. The molecule has 22 heavy (non-hydrogen) atoms. The Labute approximate surface area is 130 Å². The zero-order valence-electron chi connectivity index (χ0n) is 13.2. The van der Waals surface area contributed by atoms with Crippen molar-refractivity contribution in [3.8, 4) is 5.82 Å². The molecule has 0 bridgehead atoms. The van der Waals surface area contributed by atoms with E-state index >= 15 is 0 Å². The molecule has 0 aliphatic carbocycles. The van der Waals surface area contributed by atoms with Gasteiger partial charge in [0.15, 0.2) is 0 Å². The Morgan fingerprint density at radius 3 is 2.27 bits per heavy atom. The molecule has 0 atom stereocenters. The summed E-state index contributed by atoms with van der Waals surface area (Å²) >= 11 is 0. The summed E-state index contributed by atoms with van der Waals surface area (Å²) in [6.45, 7) is 8.05. The van der Waals surface area contributed by atoms with Crippen molar-refractivity contribution in [2.45, 2.75) is 38.9 Å². The number of hydrogen-bond acceptors (Lipinski definition) is 4. The number of pyridine rings is 2. The molecule has 2 aromatic heterocycles. The predicted molar refractivity (Wildman–Crippen MR) is 85.6 cm³/mol. The van der Waals surface area contributed by atoms with Gasteiger partial charge >= 0.3 is 7.12 Å². The minimum atomic E-state index is -0.445. The highest BCUT2D eigenvalue weighted by Crippen LogP contribution is 2.36. The monoisotopic (exact) mass is 298 g/mol. The van der Waals surface area contributed by atoms with Crippen LogP contribution < -0.4 is 11.0 Å². The number of nitrogens with zero attached hydrogens (tertiary/aromatic N) is 2. The highest BCUT2D eigenvalue weighted by Gasteiger charge is 2.51. The highest BCUT2D eigenvalue weighted by molar-refractivity contribution is 6.62. The number of aromatic nitrogens is 2. The lowest BCUT2D eigenvalue weighted by Gasteiger charge is -2.32. The molecule has 0 spiro atoms. The molecule has 0 aromatic carbocycles. The van der Waals surface area contributed by atoms with E-state index in [-0.39, 0.29) is 16.8 Å². The highest BCUT2D eigenvalue weighted by atomic mass is 16.7. The van der Waals surface area contributed by atoms with Crippen LogP contribution in [0.2, 0.25) is 0 Å². The summed E-state index contributed by atoms with van der Waals surface area (Å²) in [6.07, 6.45) is 3.38. The topological polar surface area (TPSA) is 53.4 Å². The largest absolute Gasteiger partial charge is 0.496 e. The third-order valence-electron chi connectivity index (χ3n) is 4.37. The van der Waals surface area contributed by atoms with E-state index in [4.69, 9.17) is 9.31 Å². The Balaban J connectivity index is 1.88. The molecular weight excluding hydrogens is 279 g/mol. The molecule has 1 aliphatic heterocycles. The van der Waals surface area contributed by atoms with Gasteiger partial charge in [-0.1, -0.05) is 12.1 Å². The quantitative estimate of drug-likeness (QED) is 0.789. The van der Waals surface area contributed by atoms with E-state index < -0.39 is 7.12 Å². The van der Waals surface area contributed by atoms with Crippen LogP contribution in [0, 0.1) is 0 Å². The predicted octanol–water partition coefficient (Wildman–Crippen LogP) is 1.53. The Morgan fingerprint density at radius 2 is 1.73 bits per heavy atom. The van der Waals surface area contributed by atoms with Crippen LogP contribution in [0.25, 0.3) is 5.82 Å². The zero-order valence-corrected chi connectivity index (χ0v) is 13.2. The molecule has 6 heteroatoms. The van der Waals surface area contributed by atoms with Gasteiger partial charge in [-0.05, 0) is 39.8 Å². The van der Waals surface area contributed by atoms with Crippen LogP contribution in [0.5, 0.6) is 0 Å². The van der Waals surface area contributed by atoms with Crippen LogP contribution in [0.4, 0.5) is 0 Å². The summed E-state index contributed by atoms with van der Waals surface area (Å²) in [4.78, 5) is 16.2. The average Bonchev–Trinajstić information content (AvgIpc) is 2.68. The number of hydrogen-bond donors (Lipinski definition) is 0. The summed E-state index contributed by atoms with van der Waals surface area (Å²) in [5.41, 5.74) is -0.0378. The third kappa shape index (κ3) is 2.49. The molecule has 1 aliphatic rings. The van der Waals surface area contributed by atoms with Gasteiger partial charge in [0.05, 0.1) is 11.2 Å². The Morgan fingerprint density at radius 1 is 1.05 bits per heavy atom. The van der Waals surface area contributed by atoms with E-state index in [0.717, 1.165) is 5.46 Å². The van der Waals surface area contributed by atoms with Crippen molar-refractivity contribution in [3.63, 3.8) is 0 Å². The zero-order chi connectivity index (χ0) is 16.0. The molecule has 3 rings (SSSR count). The average molecular weight is 298 g/mol. The number of rotatable bonds is 2. The molecule has 0 N–H and O–H groups in total. The van der Waals surface area contributed by atoms with Crippen molar-refractivity contribution in [1.29, 1.82) is 0 Å². The molecule has 114 valence electrons. The summed E-state index contributed by atoms with van der Waals surface area (Å²) in [5, 5.41) is 0. The maximum absolute atomic E-state index is 11.8. The van der Waals surface area contributed by atoms with Gasteiger partial charge in [-0.3, -0.25) is 9.36 Å². The lowest BCUT2D eigenvalue weighted by atomic mass is 9.80. The first-order chi connectivity index (χ1) is 10.3. The van der Waals surface area contributed by atoms with E-state index in [2.05, 4.69) is 4.98 Å². The van der Waals surface area contributed by atoms with Gasteiger partial charge in [0, 0.05) is 23.9 Å². The van der Waals surface area contributed by atoms with E-state index in [1.54, 1.807) is 30.6 Å². The van der Waals surface area contributed by atoms with Crippen molar-refractivity contribution in [3.05, 3.63) is 53.1 Å². The van der Waals surface area contributed by atoms with Gasteiger partial charge in [-0.2, -0.15) is 0 Å². The molecule has 0 radical (unpaired) electrons. The van der Waals surface area contributed by atoms with E-state index in [9.17, 15) is 4.79 Å². The van der Waals surface area contributed by atoms with E-state index in [0.29, 0.717) is 5.82 Å². The van der Waals surface area contributed by atoms with Crippen molar-refractivity contribution in [2.75, 3.05) is 0 Å². The molecule has 1 saturated heterocycles. The normalized spacial score (nSPS) is 19.4. The van der Waals surface area contributed by atoms with Crippen molar-refractivity contribution < 1.29 is 9.31 Å². The summed E-state index contributed by atoms with van der Waals surface area (Å²) in [7, 11) is -0.445. The molecule has 0 saturated carbocycles. The molecule has 5 nitrogen and oxygen atoms in total. The lowest BCUT2D eigenvalue weighted by molar-refractivity contribution is 0.00578. The maximum Gasteiger partial charge on any atom is 0.496 e. The van der Waals surface area contributed by atoms with Crippen molar-refractivity contribution in [1.82, 2.24) is 9.55 Å². The van der Waals surface area contributed by atoms with Gasteiger partial charge in [0.1, 0.15) is 5.82 Å². The van der Waals surface area contributed by atoms with Crippen molar-refractivity contribution >= 4 is 12.6 Å². The van der Waals surface area contributed by atoms with E-state index in [1.807, 2.05) is 33.8 Å². The summed E-state index contributed by atoms with van der Waals surface area (Å²) in [6, 6.07) is 8.68. The first-order valence-corrected chi connectivity index (χ1v) is 7.30. The van der Waals surface area contributed by atoms with Crippen LogP contribution in [0.3, 0.4) is 0 Å². The Bertz CT molecular complexity index is 722. The molecule has 2 aromatic rings. The van der Waals surface area contributed by atoms with Gasteiger partial charge in [-0.25, -0.2) is 4.98 Å². The second kappa shape index (κ2) is 5.07. The second-order valence-corrected chi connectivity index (χ2v) is 6.45. The smallest absolute Gasteiger partial charge is 0.399 e. The Kier molecular flexibility index (Phi) is 3.46. The van der Waals surface area contributed by atoms with Gasteiger partial charge in [-0.15, -0.1) is 0 Å². The molecular formula is C16H19BN2O3.